The predicted octanol–water partition coefficient (Wildman–Crippen LogP) is 0.101. The van der Waals surface area contributed by atoms with Crippen LogP contribution in [0.5, 0.6) is 0 Å². The van der Waals surface area contributed by atoms with Crippen LogP contribution >= 0.6 is 0 Å². The van der Waals surface area contributed by atoms with Crippen molar-refractivity contribution in [1.29, 1.82) is 0 Å². The summed E-state index contributed by atoms with van der Waals surface area (Å²) in [6.07, 6.45) is 5.52. The number of aromatic nitrogens is 2. The molecule has 4 nitrogen and oxygen atoms in total. The average Bonchev–Trinajstić information content (AvgIpc) is 2.64. The highest BCUT2D eigenvalue weighted by molar-refractivity contribution is 4.74. The van der Waals surface area contributed by atoms with Crippen LogP contribution in [0.3, 0.4) is 0 Å². The molecule has 0 aliphatic rings. The van der Waals surface area contributed by atoms with Crippen molar-refractivity contribution < 1.29 is 5.11 Å². The summed E-state index contributed by atoms with van der Waals surface area (Å²) in [5.74, 6) is 0.336. The van der Waals surface area contributed by atoms with E-state index in [9.17, 15) is 0 Å². The molecule has 0 aromatic carbocycles. The van der Waals surface area contributed by atoms with E-state index in [2.05, 4.69) is 10.3 Å². The van der Waals surface area contributed by atoms with Gasteiger partial charge in [-0.15, -0.1) is 0 Å². The lowest BCUT2D eigenvalue weighted by molar-refractivity contribution is 0.233. The molecule has 0 aliphatic heterocycles. The Bertz CT molecular complexity index is 211. The minimum absolute atomic E-state index is 0.248. The molecule has 1 unspecified atom stereocenters. The fourth-order valence-corrected chi connectivity index (χ4v) is 1.04. The molecule has 0 aliphatic carbocycles. The molecule has 4 heteroatoms. The predicted molar refractivity (Wildman–Crippen MR) is 51.3 cm³/mol. The first kappa shape index (κ1) is 10.2. The summed E-state index contributed by atoms with van der Waals surface area (Å²) in [7, 11) is 0. The van der Waals surface area contributed by atoms with Crippen LogP contribution in [0.15, 0.2) is 18.7 Å². The maximum absolute atomic E-state index is 8.76. The molecule has 0 saturated heterocycles. The van der Waals surface area contributed by atoms with E-state index in [-0.39, 0.29) is 6.61 Å². The molecule has 13 heavy (non-hydrogen) atoms. The van der Waals surface area contributed by atoms with Gasteiger partial charge in [0.25, 0.3) is 0 Å². The van der Waals surface area contributed by atoms with Crippen LogP contribution in [0.2, 0.25) is 0 Å². The summed E-state index contributed by atoms with van der Waals surface area (Å²) in [5.41, 5.74) is 0. The molecule has 74 valence electrons. The van der Waals surface area contributed by atoms with Crippen LogP contribution in [-0.2, 0) is 6.54 Å². The molecule has 2 N–H and O–H groups in total. The Hall–Kier alpha value is -0.870. The van der Waals surface area contributed by atoms with Crippen molar-refractivity contribution in [3.8, 4) is 0 Å². The van der Waals surface area contributed by atoms with Gasteiger partial charge in [-0.3, -0.25) is 0 Å². The highest BCUT2D eigenvalue weighted by Gasteiger charge is 1.97. The normalized spacial score (nSPS) is 13.1. The Morgan fingerprint density at radius 1 is 1.62 bits per heavy atom. The molecule has 0 bridgehead atoms. The molecule has 0 amide bonds. The smallest absolute Gasteiger partial charge is 0.0946 e. The van der Waals surface area contributed by atoms with Gasteiger partial charge in [0.15, 0.2) is 0 Å². The van der Waals surface area contributed by atoms with E-state index in [1.165, 1.54) is 0 Å². The van der Waals surface area contributed by atoms with Crippen LogP contribution in [0, 0.1) is 5.92 Å². The summed E-state index contributed by atoms with van der Waals surface area (Å²) < 4.78 is 2.02. The van der Waals surface area contributed by atoms with E-state index in [0.29, 0.717) is 5.92 Å². The standard InChI is InChI=1S/C9H17N3O/c1-9(7-13)6-10-2-4-12-5-3-11-8-12/h3,5,8-10,13H,2,4,6-7H2,1H3. The van der Waals surface area contributed by atoms with E-state index >= 15 is 0 Å². The average molecular weight is 183 g/mol. The number of aliphatic hydroxyl groups excluding tert-OH is 1. The van der Waals surface area contributed by atoms with Crippen molar-refractivity contribution in [3.05, 3.63) is 18.7 Å². The number of hydrogen-bond donors (Lipinski definition) is 2. The Kier molecular flexibility index (Phi) is 4.49. The zero-order valence-electron chi connectivity index (χ0n) is 7.98. The molecular formula is C9H17N3O. The van der Waals surface area contributed by atoms with E-state index in [4.69, 9.17) is 5.11 Å². The lowest BCUT2D eigenvalue weighted by Crippen LogP contribution is -2.26. The second-order valence-electron chi connectivity index (χ2n) is 3.29. The first-order valence-corrected chi connectivity index (χ1v) is 4.60. The number of aliphatic hydroxyl groups is 1. The molecule has 0 radical (unpaired) electrons. The first-order valence-electron chi connectivity index (χ1n) is 4.60. The SMILES string of the molecule is CC(CO)CNCCn1ccnc1. The molecule has 0 spiro atoms. The lowest BCUT2D eigenvalue weighted by Gasteiger charge is -2.09. The molecule has 0 fully saturated rings. The number of rotatable bonds is 6. The van der Waals surface area contributed by atoms with Crippen molar-refractivity contribution in [1.82, 2.24) is 14.9 Å². The van der Waals surface area contributed by atoms with Gasteiger partial charge in [0, 0.05) is 32.1 Å². The third kappa shape index (κ3) is 4.05. The molecule has 1 heterocycles. The van der Waals surface area contributed by atoms with E-state index < -0.39 is 0 Å². The number of nitrogens with one attached hydrogen (secondary N) is 1. The van der Waals surface area contributed by atoms with Gasteiger partial charge in [0.2, 0.25) is 0 Å². The highest BCUT2D eigenvalue weighted by atomic mass is 16.3. The molecule has 0 saturated carbocycles. The third-order valence-electron chi connectivity index (χ3n) is 1.91. The van der Waals surface area contributed by atoms with Gasteiger partial charge in [-0.05, 0) is 12.5 Å². The van der Waals surface area contributed by atoms with Crippen molar-refractivity contribution in [3.63, 3.8) is 0 Å². The van der Waals surface area contributed by atoms with Crippen LogP contribution < -0.4 is 5.32 Å². The van der Waals surface area contributed by atoms with Gasteiger partial charge in [0.05, 0.1) is 6.33 Å². The van der Waals surface area contributed by atoms with E-state index in [1.54, 1.807) is 12.5 Å². The number of imidazole rings is 1. The second kappa shape index (κ2) is 5.72. The monoisotopic (exact) mass is 183 g/mol. The molecule has 1 aromatic heterocycles. The highest BCUT2D eigenvalue weighted by Crippen LogP contribution is 1.89. The Morgan fingerprint density at radius 2 is 2.46 bits per heavy atom. The maximum atomic E-state index is 8.76. The minimum Gasteiger partial charge on any atom is -0.396 e. The van der Waals surface area contributed by atoms with Crippen molar-refractivity contribution in [2.45, 2.75) is 13.5 Å². The van der Waals surface area contributed by atoms with Crippen molar-refractivity contribution >= 4 is 0 Å². The van der Waals surface area contributed by atoms with Crippen LogP contribution in [0.25, 0.3) is 0 Å². The third-order valence-corrected chi connectivity index (χ3v) is 1.91. The van der Waals surface area contributed by atoms with Crippen molar-refractivity contribution in [2.75, 3.05) is 19.7 Å². The Labute approximate surface area is 78.6 Å². The van der Waals surface area contributed by atoms with Gasteiger partial charge < -0.3 is 15.0 Å². The van der Waals surface area contributed by atoms with Gasteiger partial charge in [-0.2, -0.15) is 0 Å². The zero-order valence-corrected chi connectivity index (χ0v) is 7.98. The topological polar surface area (TPSA) is 50.1 Å². The van der Waals surface area contributed by atoms with Gasteiger partial charge in [0.1, 0.15) is 0 Å². The molecular weight excluding hydrogens is 166 g/mol. The molecule has 1 atom stereocenters. The second-order valence-corrected chi connectivity index (χ2v) is 3.29. The van der Waals surface area contributed by atoms with Gasteiger partial charge in [-0.25, -0.2) is 4.98 Å². The van der Waals surface area contributed by atoms with Crippen molar-refractivity contribution in [2.24, 2.45) is 5.92 Å². The van der Waals surface area contributed by atoms with Crippen LogP contribution in [0.4, 0.5) is 0 Å². The largest absolute Gasteiger partial charge is 0.396 e. The fourth-order valence-electron chi connectivity index (χ4n) is 1.04. The fraction of sp³-hybridized carbons (Fsp3) is 0.667. The number of nitrogens with zero attached hydrogens (tertiary/aromatic N) is 2. The van der Waals surface area contributed by atoms with E-state index in [1.807, 2.05) is 17.7 Å². The van der Waals surface area contributed by atoms with Crippen LogP contribution in [-0.4, -0.2) is 34.4 Å². The van der Waals surface area contributed by atoms with Gasteiger partial charge >= 0.3 is 0 Å². The quantitative estimate of drug-likeness (QED) is 0.615. The summed E-state index contributed by atoms with van der Waals surface area (Å²) in [5, 5.41) is 12.0. The van der Waals surface area contributed by atoms with E-state index in [0.717, 1.165) is 19.6 Å². The number of hydrogen-bond acceptors (Lipinski definition) is 3. The molecule has 1 aromatic rings. The zero-order chi connectivity index (χ0) is 9.52. The summed E-state index contributed by atoms with van der Waals surface area (Å²) in [4.78, 5) is 3.95. The van der Waals surface area contributed by atoms with Gasteiger partial charge in [-0.1, -0.05) is 6.92 Å². The Balaban J connectivity index is 2.02. The summed E-state index contributed by atoms with van der Waals surface area (Å²) in [6, 6.07) is 0. The Morgan fingerprint density at radius 3 is 3.08 bits per heavy atom. The summed E-state index contributed by atoms with van der Waals surface area (Å²) in [6.45, 7) is 4.98. The summed E-state index contributed by atoms with van der Waals surface area (Å²) >= 11 is 0. The molecule has 1 rings (SSSR count). The maximum Gasteiger partial charge on any atom is 0.0946 e. The minimum atomic E-state index is 0.248. The van der Waals surface area contributed by atoms with Crippen LogP contribution in [0.1, 0.15) is 6.92 Å². The lowest BCUT2D eigenvalue weighted by atomic mass is 10.2. The first-order chi connectivity index (χ1) is 6.33.